The Kier molecular flexibility index (Phi) is 2.87. The van der Waals surface area contributed by atoms with Gasteiger partial charge in [-0.2, -0.15) is 0 Å². The molecule has 0 spiro atoms. The summed E-state index contributed by atoms with van der Waals surface area (Å²) in [5.74, 6) is 0. The maximum absolute atomic E-state index is 10.4. The Balaban J connectivity index is 3.07. The van der Waals surface area contributed by atoms with Crippen molar-refractivity contribution >= 4 is 29.7 Å². The maximum atomic E-state index is 10.4. The topological polar surface area (TPSA) is 66.4 Å². The average Bonchev–Trinajstić information content (AvgIpc) is 2.03. The summed E-state index contributed by atoms with van der Waals surface area (Å²) in [6, 6.07) is 4.33. The largest absolute Gasteiger partial charge is 0.465 e. The molecule has 0 bridgehead atoms. The zero-order valence-corrected chi connectivity index (χ0v) is 7.21. The molecule has 1 amide bonds. The number of aldehydes is 1. The third-order valence-corrected chi connectivity index (χ3v) is 1.62. The van der Waals surface area contributed by atoms with E-state index in [9.17, 15) is 9.59 Å². The highest BCUT2D eigenvalue weighted by Crippen LogP contribution is 2.19. The van der Waals surface area contributed by atoms with E-state index >= 15 is 0 Å². The highest BCUT2D eigenvalue weighted by Gasteiger charge is 2.04. The summed E-state index contributed by atoms with van der Waals surface area (Å²) in [5.41, 5.74) is 0.446. The first-order valence-corrected chi connectivity index (χ1v) is 3.76. The SMILES string of the molecule is O=Cc1ccc(Cl)cc1NC(=O)O. The summed E-state index contributed by atoms with van der Waals surface area (Å²) < 4.78 is 0. The van der Waals surface area contributed by atoms with Gasteiger partial charge in [0.1, 0.15) is 0 Å². The van der Waals surface area contributed by atoms with Crippen molar-refractivity contribution in [1.29, 1.82) is 0 Å². The molecule has 0 aliphatic heterocycles. The first-order chi connectivity index (χ1) is 6.13. The third kappa shape index (κ3) is 2.45. The molecule has 2 N–H and O–H groups in total. The number of carbonyl (C=O) groups excluding carboxylic acids is 1. The van der Waals surface area contributed by atoms with Crippen LogP contribution in [0.3, 0.4) is 0 Å². The van der Waals surface area contributed by atoms with Gasteiger partial charge in [0.15, 0.2) is 6.29 Å². The van der Waals surface area contributed by atoms with Gasteiger partial charge >= 0.3 is 6.09 Å². The van der Waals surface area contributed by atoms with Gasteiger partial charge in [-0.05, 0) is 18.2 Å². The summed E-state index contributed by atoms with van der Waals surface area (Å²) in [6.07, 6.45) is -0.674. The standard InChI is InChI=1S/C8H6ClNO3/c9-6-2-1-5(4-11)7(3-6)10-8(12)13/h1-4,10H,(H,12,13). The van der Waals surface area contributed by atoms with Crippen molar-refractivity contribution in [2.45, 2.75) is 0 Å². The van der Waals surface area contributed by atoms with Crippen LogP contribution in [0.4, 0.5) is 10.5 Å². The van der Waals surface area contributed by atoms with Crippen molar-refractivity contribution < 1.29 is 14.7 Å². The average molecular weight is 200 g/mol. The molecule has 1 rings (SSSR count). The molecule has 0 radical (unpaired) electrons. The number of anilines is 1. The van der Waals surface area contributed by atoms with E-state index < -0.39 is 6.09 Å². The van der Waals surface area contributed by atoms with Gasteiger partial charge in [-0.25, -0.2) is 4.79 Å². The highest BCUT2D eigenvalue weighted by atomic mass is 35.5. The first-order valence-electron chi connectivity index (χ1n) is 3.38. The quantitative estimate of drug-likeness (QED) is 0.718. The van der Waals surface area contributed by atoms with Crippen LogP contribution in [0.25, 0.3) is 0 Å². The van der Waals surface area contributed by atoms with E-state index in [1.54, 1.807) is 0 Å². The predicted molar refractivity (Wildman–Crippen MR) is 48.5 cm³/mol. The van der Waals surface area contributed by atoms with Crippen LogP contribution >= 0.6 is 11.6 Å². The number of nitrogens with one attached hydrogen (secondary N) is 1. The number of halogens is 1. The molecule has 68 valence electrons. The van der Waals surface area contributed by atoms with Gasteiger partial charge in [0.2, 0.25) is 0 Å². The Morgan fingerprint density at radius 1 is 1.54 bits per heavy atom. The van der Waals surface area contributed by atoms with Gasteiger partial charge in [-0.1, -0.05) is 11.6 Å². The number of rotatable bonds is 2. The lowest BCUT2D eigenvalue weighted by atomic mass is 10.2. The molecule has 0 unspecified atom stereocenters. The van der Waals surface area contributed by atoms with Gasteiger partial charge in [0.25, 0.3) is 0 Å². The second kappa shape index (κ2) is 3.91. The molecule has 1 aromatic carbocycles. The lowest BCUT2D eigenvalue weighted by molar-refractivity contribution is 0.112. The van der Waals surface area contributed by atoms with Gasteiger partial charge < -0.3 is 5.11 Å². The maximum Gasteiger partial charge on any atom is 0.409 e. The van der Waals surface area contributed by atoms with Crippen LogP contribution < -0.4 is 5.32 Å². The second-order valence-electron chi connectivity index (χ2n) is 2.28. The van der Waals surface area contributed by atoms with Crippen LogP contribution in [-0.4, -0.2) is 17.5 Å². The first kappa shape index (κ1) is 9.54. The number of hydrogen-bond donors (Lipinski definition) is 2. The smallest absolute Gasteiger partial charge is 0.409 e. The van der Waals surface area contributed by atoms with E-state index in [1.807, 2.05) is 0 Å². The molecule has 5 heteroatoms. The van der Waals surface area contributed by atoms with Gasteiger partial charge in [0, 0.05) is 10.6 Å². The Labute approximate surface area is 79.1 Å². The van der Waals surface area contributed by atoms with Gasteiger partial charge in [-0.15, -0.1) is 0 Å². The molecule has 0 heterocycles. The van der Waals surface area contributed by atoms with E-state index in [0.717, 1.165) is 0 Å². The molecule has 0 atom stereocenters. The summed E-state index contributed by atoms with van der Waals surface area (Å²) in [5, 5.41) is 10.8. The Morgan fingerprint density at radius 2 is 2.23 bits per heavy atom. The Morgan fingerprint density at radius 3 is 2.77 bits per heavy atom. The van der Waals surface area contributed by atoms with Crippen LogP contribution in [0.15, 0.2) is 18.2 Å². The lowest BCUT2D eigenvalue weighted by Crippen LogP contribution is -2.09. The monoisotopic (exact) mass is 199 g/mol. The summed E-state index contributed by atoms with van der Waals surface area (Å²) in [4.78, 5) is 20.7. The van der Waals surface area contributed by atoms with Crippen LogP contribution in [0.5, 0.6) is 0 Å². The zero-order chi connectivity index (χ0) is 9.84. The van der Waals surface area contributed by atoms with Crippen molar-refractivity contribution in [3.8, 4) is 0 Å². The zero-order valence-electron chi connectivity index (χ0n) is 6.45. The highest BCUT2D eigenvalue weighted by molar-refractivity contribution is 6.31. The fraction of sp³-hybridized carbons (Fsp3) is 0. The van der Waals surface area contributed by atoms with Crippen LogP contribution in [0.2, 0.25) is 5.02 Å². The number of amides is 1. The normalized spacial score (nSPS) is 9.31. The Bertz CT molecular complexity index is 351. The molecule has 0 fully saturated rings. The van der Waals surface area contributed by atoms with Crippen molar-refractivity contribution in [2.75, 3.05) is 5.32 Å². The van der Waals surface area contributed by atoms with Crippen molar-refractivity contribution in [2.24, 2.45) is 0 Å². The summed E-state index contributed by atoms with van der Waals surface area (Å²) >= 11 is 5.61. The molecule has 0 aromatic heterocycles. The summed E-state index contributed by atoms with van der Waals surface area (Å²) in [7, 11) is 0. The number of carbonyl (C=O) groups is 2. The van der Waals surface area contributed by atoms with E-state index in [1.165, 1.54) is 18.2 Å². The van der Waals surface area contributed by atoms with E-state index in [4.69, 9.17) is 16.7 Å². The molecule has 0 saturated heterocycles. The Hall–Kier alpha value is -1.55. The van der Waals surface area contributed by atoms with E-state index in [0.29, 0.717) is 11.3 Å². The molecular formula is C8H6ClNO3. The molecule has 1 aromatic rings. The minimum absolute atomic E-state index is 0.190. The molecular weight excluding hydrogens is 194 g/mol. The minimum Gasteiger partial charge on any atom is -0.465 e. The molecule has 0 aliphatic carbocycles. The number of hydrogen-bond acceptors (Lipinski definition) is 2. The van der Waals surface area contributed by atoms with E-state index in [-0.39, 0.29) is 11.3 Å². The predicted octanol–water partition coefficient (Wildman–Crippen LogP) is 2.24. The van der Waals surface area contributed by atoms with Crippen molar-refractivity contribution in [1.82, 2.24) is 0 Å². The molecule has 4 nitrogen and oxygen atoms in total. The fourth-order valence-electron chi connectivity index (χ4n) is 0.855. The fourth-order valence-corrected chi connectivity index (χ4v) is 1.03. The minimum atomic E-state index is -1.23. The van der Waals surface area contributed by atoms with Crippen molar-refractivity contribution in [3.05, 3.63) is 28.8 Å². The molecule has 0 saturated carbocycles. The summed E-state index contributed by atoms with van der Waals surface area (Å²) in [6.45, 7) is 0. The molecule has 0 aliphatic rings. The second-order valence-corrected chi connectivity index (χ2v) is 2.72. The van der Waals surface area contributed by atoms with E-state index in [2.05, 4.69) is 5.32 Å². The van der Waals surface area contributed by atoms with Crippen LogP contribution in [0.1, 0.15) is 10.4 Å². The van der Waals surface area contributed by atoms with Gasteiger partial charge in [0.05, 0.1) is 5.69 Å². The van der Waals surface area contributed by atoms with Crippen LogP contribution in [0, 0.1) is 0 Å². The number of benzene rings is 1. The van der Waals surface area contributed by atoms with Crippen molar-refractivity contribution in [3.63, 3.8) is 0 Å². The van der Waals surface area contributed by atoms with Crippen LogP contribution in [-0.2, 0) is 0 Å². The lowest BCUT2D eigenvalue weighted by Gasteiger charge is -2.03. The number of carboxylic acid groups (broad SMARTS) is 1. The third-order valence-electron chi connectivity index (χ3n) is 1.38. The van der Waals surface area contributed by atoms with Gasteiger partial charge in [-0.3, -0.25) is 10.1 Å². The molecule has 13 heavy (non-hydrogen) atoms.